The quantitative estimate of drug-likeness (QED) is 0.243. The maximum atomic E-state index is 13.7. The highest BCUT2D eigenvalue weighted by Gasteiger charge is 2.47. The van der Waals surface area contributed by atoms with Crippen LogP contribution in [0.4, 0.5) is 11.4 Å². The van der Waals surface area contributed by atoms with Crippen molar-refractivity contribution in [3.63, 3.8) is 0 Å². The standard InChI is InChI=1S/C33H38N8O2/c1-17-29(18(2)38-37-17)35-23-7-5-6-20-13-26(40(30(20)23)15-19-8-9-19)32-36-24-12-22(14-27(43-4)31(24)39(32)3)33(42)41-16-21-10-11-25(41)28(21)34/h5-7,12-14,19,21,25,28,35H,8-11,15-16,34H2,1-4H3,(H,37,38)/t21-,25-,28-/m1/s1. The second-order valence-electron chi connectivity index (χ2n) is 12.7. The Morgan fingerprint density at radius 2 is 1.98 bits per heavy atom. The second kappa shape index (κ2) is 9.60. The molecule has 3 fully saturated rings. The molecule has 8 rings (SSSR count). The smallest absolute Gasteiger partial charge is 0.254 e. The number of nitrogens with zero attached hydrogens (tertiary/aromatic N) is 5. The van der Waals surface area contributed by atoms with Crippen LogP contribution in [0.1, 0.15) is 47.4 Å². The molecule has 10 nitrogen and oxygen atoms in total. The Hall–Kier alpha value is -4.31. The first-order valence-corrected chi connectivity index (χ1v) is 15.3. The first-order chi connectivity index (χ1) is 20.8. The molecule has 4 heterocycles. The normalized spacial score (nSPS) is 21.4. The molecule has 3 aromatic heterocycles. The minimum atomic E-state index is 0.0125. The van der Waals surface area contributed by atoms with Crippen LogP contribution in [0.2, 0.25) is 0 Å². The van der Waals surface area contributed by atoms with Crippen molar-refractivity contribution in [3.05, 3.63) is 53.3 Å². The number of likely N-dealkylation sites (tertiary alicyclic amines) is 1. The molecule has 3 aliphatic rings. The summed E-state index contributed by atoms with van der Waals surface area (Å²) in [5.41, 5.74) is 14.8. The molecule has 2 bridgehead atoms. The summed E-state index contributed by atoms with van der Waals surface area (Å²) in [5.74, 6) is 2.55. The fourth-order valence-electron chi connectivity index (χ4n) is 7.50. The summed E-state index contributed by atoms with van der Waals surface area (Å²) in [5, 5.41) is 12.3. The maximum Gasteiger partial charge on any atom is 0.254 e. The SMILES string of the molecule is COc1cc(C(=O)N2C[C@H]3CC[C@@H]2[C@@H]3N)cc2nc(-c3cc4cccc(Nc5c(C)n[nH]c5C)c4n3CC3CC3)n(C)c12. The number of hydrogen-bond donors (Lipinski definition) is 3. The number of carbonyl (C=O) groups excluding carboxylic acids is 1. The number of aromatic amines is 1. The van der Waals surface area contributed by atoms with Gasteiger partial charge in [0.2, 0.25) is 0 Å². The lowest BCUT2D eigenvalue weighted by Crippen LogP contribution is -2.41. The van der Waals surface area contributed by atoms with Gasteiger partial charge in [0.15, 0.2) is 5.82 Å². The number of methoxy groups -OCH3 is 1. The van der Waals surface area contributed by atoms with Gasteiger partial charge in [0, 0.05) is 43.2 Å². The van der Waals surface area contributed by atoms with Crippen molar-refractivity contribution in [2.24, 2.45) is 24.6 Å². The van der Waals surface area contributed by atoms with Crippen LogP contribution in [0.15, 0.2) is 36.4 Å². The molecule has 0 unspecified atom stereocenters. The summed E-state index contributed by atoms with van der Waals surface area (Å²) < 4.78 is 10.4. The minimum Gasteiger partial charge on any atom is -0.494 e. The summed E-state index contributed by atoms with van der Waals surface area (Å²) in [6.45, 7) is 5.69. The summed E-state index contributed by atoms with van der Waals surface area (Å²) >= 11 is 0. The van der Waals surface area contributed by atoms with Gasteiger partial charge >= 0.3 is 0 Å². The number of fused-ring (bicyclic) bond motifs is 4. The van der Waals surface area contributed by atoms with Gasteiger partial charge in [-0.05, 0) is 75.6 Å². The average Bonchev–Trinajstić information content (AvgIpc) is 3.19. The van der Waals surface area contributed by atoms with Crippen LogP contribution in [-0.4, -0.2) is 60.9 Å². The highest BCUT2D eigenvalue weighted by molar-refractivity contribution is 6.01. The third-order valence-electron chi connectivity index (χ3n) is 9.99. The van der Waals surface area contributed by atoms with Crippen molar-refractivity contribution in [1.29, 1.82) is 0 Å². The Kier molecular flexibility index (Phi) is 5.88. The predicted molar refractivity (Wildman–Crippen MR) is 168 cm³/mol. The number of imidazole rings is 1. The number of anilines is 2. The van der Waals surface area contributed by atoms with Crippen LogP contribution >= 0.6 is 0 Å². The third-order valence-corrected chi connectivity index (χ3v) is 9.99. The molecule has 2 aliphatic carbocycles. The number of hydrogen-bond acceptors (Lipinski definition) is 6. The van der Waals surface area contributed by atoms with Gasteiger partial charge < -0.3 is 29.8 Å². The van der Waals surface area contributed by atoms with Gasteiger partial charge in [-0.25, -0.2) is 4.98 Å². The lowest BCUT2D eigenvalue weighted by molar-refractivity contribution is 0.0700. The number of nitrogens with one attached hydrogen (secondary N) is 2. The van der Waals surface area contributed by atoms with E-state index in [4.69, 9.17) is 15.5 Å². The number of aryl methyl sites for hydroxylation is 3. The monoisotopic (exact) mass is 578 g/mol. The minimum absolute atomic E-state index is 0.0125. The highest BCUT2D eigenvalue weighted by Crippen LogP contribution is 2.41. The van der Waals surface area contributed by atoms with Crippen molar-refractivity contribution in [1.82, 2.24) is 29.2 Å². The Morgan fingerprint density at radius 3 is 2.65 bits per heavy atom. The number of para-hydroxylation sites is 1. The zero-order valence-electron chi connectivity index (χ0n) is 25.1. The second-order valence-corrected chi connectivity index (χ2v) is 12.7. The number of H-pyrrole nitrogens is 1. The van der Waals surface area contributed by atoms with Gasteiger partial charge in [0.05, 0.1) is 46.6 Å². The fraction of sp³-hybridized carbons (Fsp3) is 0.424. The van der Waals surface area contributed by atoms with E-state index in [0.717, 1.165) is 82.1 Å². The van der Waals surface area contributed by atoms with Crippen LogP contribution in [0.3, 0.4) is 0 Å². The van der Waals surface area contributed by atoms with Crippen LogP contribution < -0.4 is 15.8 Å². The zero-order chi connectivity index (χ0) is 29.6. The van der Waals surface area contributed by atoms with E-state index in [0.29, 0.717) is 23.1 Å². The van der Waals surface area contributed by atoms with E-state index in [2.05, 4.69) is 48.9 Å². The number of piperidine rings is 1. The number of rotatable bonds is 7. The molecular weight excluding hydrogens is 540 g/mol. The number of aromatic nitrogens is 5. The van der Waals surface area contributed by atoms with E-state index in [1.54, 1.807) is 7.11 Å². The van der Waals surface area contributed by atoms with E-state index in [1.165, 1.54) is 12.8 Å². The van der Waals surface area contributed by atoms with Gasteiger partial charge in [-0.2, -0.15) is 5.10 Å². The molecule has 1 aliphatic heterocycles. The van der Waals surface area contributed by atoms with E-state index in [9.17, 15) is 4.79 Å². The van der Waals surface area contributed by atoms with E-state index in [1.807, 2.05) is 37.9 Å². The molecule has 0 radical (unpaired) electrons. The number of carbonyl (C=O) groups is 1. The first kappa shape index (κ1) is 26.3. The molecular formula is C33H38N8O2. The topological polar surface area (TPSA) is 119 Å². The fourth-order valence-corrected chi connectivity index (χ4v) is 7.50. The Bertz CT molecular complexity index is 1890. The molecule has 10 heteroatoms. The van der Waals surface area contributed by atoms with Crippen LogP contribution in [0, 0.1) is 25.7 Å². The van der Waals surface area contributed by atoms with Gasteiger partial charge in [-0.1, -0.05) is 12.1 Å². The van der Waals surface area contributed by atoms with E-state index in [-0.39, 0.29) is 18.0 Å². The van der Waals surface area contributed by atoms with Crippen molar-refractivity contribution >= 4 is 39.2 Å². The Balaban J connectivity index is 1.25. The molecule has 5 aromatic rings. The predicted octanol–water partition coefficient (Wildman–Crippen LogP) is 5.26. The summed E-state index contributed by atoms with van der Waals surface area (Å²) in [4.78, 5) is 20.9. The van der Waals surface area contributed by atoms with Crippen molar-refractivity contribution in [3.8, 4) is 17.3 Å². The van der Waals surface area contributed by atoms with Crippen molar-refractivity contribution in [2.45, 2.75) is 58.2 Å². The Morgan fingerprint density at radius 1 is 1.14 bits per heavy atom. The number of ether oxygens (including phenoxy) is 1. The number of amides is 1. The summed E-state index contributed by atoms with van der Waals surface area (Å²) in [6, 6.07) is 12.6. The lowest BCUT2D eigenvalue weighted by Gasteiger charge is -2.27. The maximum absolute atomic E-state index is 13.7. The van der Waals surface area contributed by atoms with Crippen molar-refractivity contribution in [2.75, 3.05) is 19.0 Å². The molecule has 222 valence electrons. The average molecular weight is 579 g/mol. The molecule has 4 N–H and O–H groups in total. The van der Waals surface area contributed by atoms with Gasteiger partial charge in [-0.3, -0.25) is 9.89 Å². The first-order valence-electron chi connectivity index (χ1n) is 15.3. The van der Waals surface area contributed by atoms with Crippen LogP contribution in [0.25, 0.3) is 33.5 Å². The molecule has 2 aromatic carbocycles. The zero-order valence-corrected chi connectivity index (χ0v) is 25.1. The molecule has 43 heavy (non-hydrogen) atoms. The molecule has 2 saturated carbocycles. The summed E-state index contributed by atoms with van der Waals surface area (Å²) in [7, 11) is 3.69. The lowest BCUT2D eigenvalue weighted by atomic mass is 10.1. The Labute approximate surface area is 250 Å². The molecule has 0 spiro atoms. The molecule has 1 amide bonds. The van der Waals surface area contributed by atoms with E-state index >= 15 is 0 Å². The van der Waals surface area contributed by atoms with Gasteiger partial charge in [0.25, 0.3) is 5.91 Å². The highest BCUT2D eigenvalue weighted by atomic mass is 16.5. The van der Waals surface area contributed by atoms with Gasteiger partial charge in [-0.15, -0.1) is 0 Å². The number of benzene rings is 2. The van der Waals surface area contributed by atoms with Gasteiger partial charge in [0.1, 0.15) is 11.3 Å². The van der Waals surface area contributed by atoms with E-state index < -0.39 is 0 Å². The summed E-state index contributed by atoms with van der Waals surface area (Å²) in [6.07, 6.45) is 4.55. The third kappa shape index (κ3) is 4.06. The van der Waals surface area contributed by atoms with Crippen LogP contribution in [0.5, 0.6) is 5.75 Å². The molecule has 1 saturated heterocycles. The van der Waals surface area contributed by atoms with Crippen molar-refractivity contribution < 1.29 is 9.53 Å². The largest absolute Gasteiger partial charge is 0.494 e. The number of nitrogens with two attached hydrogens (primary N) is 1. The molecule has 3 atom stereocenters. The van der Waals surface area contributed by atoms with Crippen LogP contribution in [-0.2, 0) is 13.6 Å².